The summed E-state index contributed by atoms with van der Waals surface area (Å²) in [7, 11) is 1.56. The maximum atomic E-state index is 11.9. The predicted molar refractivity (Wildman–Crippen MR) is 89.4 cm³/mol. The van der Waals surface area contributed by atoms with Crippen LogP contribution in [-0.2, 0) is 9.53 Å². The number of ether oxygens (including phenoxy) is 2. The van der Waals surface area contributed by atoms with Crippen LogP contribution in [0.1, 0.15) is 31.9 Å². The van der Waals surface area contributed by atoms with Gasteiger partial charge in [-0.1, -0.05) is 0 Å². The third kappa shape index (κ3) is 2.50. The summed E-state index contributed by atoms with van der Waals surface area (Å²) in [6.07, 6.45) is -1.29. The molecule has 1 amide bonds. The monoisotopic (exact) mass is 361 g/mol. The van der Waals surface area contributed by atoms with E-state index < -0.39 is 22.7 Å². The van der Waals surface area contributed by atoms with Gasteiger partial charge in [0.2, 0.25) is 11.8 Å². The fourth-order valence-corrected chi connectivity index (χ4v) is 3.46. The molecular weight excluding hydrogens is 342 g/mol. The van der Waals surface area contributed by atoms with E-state index in [0.29, 0.717) is 23.6 Å². The second kappa shape index (κ2) is 5.41. The Kier molecular flexibility index (Phi) is 3.49. The number of hydrogen-bond donors (Lipinski definition) is 1. The molecule has 1 aromatic rings. The number of benzene rings is 1. The maximum absolute atomic E-state index is 11.9. The Morgan fingerprint density at radius 1 is 1.42 bits per heavy atom. The van der Waals surface area contributed by atoms with Crippen LogP contribution in [0.15, 0.2) is 23.3 Å². The van der Waals surface area contributed by atoms with Gasteiger partial charge in [-0.05, 0) is 26.3 Å². The Bertz CT molecular complexity index is 836. The molecule has 9 heteroatoms. The molecule has 0 unspecified atom stereocenters. The zero-order valence-corrected chi connectivity index (χ0v) is 14.6. The molecule has 1 N–H and O–H groups in total. The van der Waals surface area contributed by atoms with Crippen molar-refractivity contribution < 1.29 is 24.3 Å². The summed E-state index contributed by atoms with van der Waals surface area (Å²) in [6.45, 7) is 3.44. The fourth-order valence-electron chi connectivity index (χ4n) is 3.46. The minimum atomic E-state index is -1.07. The lowest BCUT2D eigenvalue weighted by atomic mass is 9.88. The van der Waals surface area contributed by atoms with Gasteiger partial charge < -0.3 is 14.6 Å². The molecule has 1 fully saturated rings. The first-order valence-electron chi connectivity index (χ1n) is 8.37. The van der Waals surface area contributed by atoms with Crippen LogP contribution in [0.25, 0.3) is 0 Å². The number of hydrogen-bond acceptors (Lipinski definition) is 7. The Labute approximate surface area is 149 Å². The molecule has 4 rings (SSSR count). The summed E-state index contributed by atoms with van der Waals surface area (Å²) in [6, 6.07) is 4.21. The Balaban J connectivity index is 1.73. The average Bonchev–Trinajstić information content (AvgIpc) is 3.36. The van der Waals surface area contributed by atoms with Gasteiger partial charge in [-0.2, -0.15) is 0 Å². The molecular formula is C17H19N3O6. The quantitative estimate of drug-likeness (QED) is 0.632. The topological polar surface area (TPSA) is 114 Å². The van der Waals surface area contributed by atoms with Crippen molar-refractivity contribution in [3.05, 3.63) is 33.9 Å². The van der Waals surface area contributed by atoms with Crippen LogP contribution in [-0.4, -0.2) is 45.6 Å². The second-order valence-electron chi connectivity index (χ2n) is 7.42. The third-order valence-corrected chi connectivity index (χ3v) is 5.12. The van der Waals surface area contributed by atoms with Crippen molar-refractivity contribution in [2.24, 2.45) is 16.9 Å². The first-order chi connectivity index (χ1) is 12.2. The predicted octanol–water partition coefficient (Wildman–Crippen LogP) is 1.61. The minimum absolute atomic E-state index is 0.0498. The highest BCUT2D eigenvalue weighted by molar-refractivity contribution is 5.96. The van der Waals surface area contributed by atoms with E-state index in [1.54, 1.807) is 20.9 Å². The minimum Gasteiger partial charge on any atom is -0.485 e. The summed E-state index contributed by atoms with van der Waals surface area (Å²) in [5.41, 5.74) is -0.672. The molecule has 2 aliphatic heterocycles. The number of aliphatic hydroxyl groups is 1. The lowest BCUT2D eigenvalue weighted by Crippen LogP contribution is -2.50. The molecule has 2 heterocycles. The standard InChI is InChI=1S/C17H19N3O6/c1-17(2)14(21)13(11-6-8(20(23)24)4-5-12(11)26-17)25-15-9-7-10(9)16(22)19(3)18-15/h4-6,9-10,13-14,21H,7H2,1-3H3/t9-,10+,13-,14+/m0/s1. The van der Waals surface area contributed by atoms with Crippen LogP contribution >= 0.6 is 0 Å². The number of fused-ring (bicyclic) bond motifs is 2. The molecule has 0 radical (unpaired) electrons. The van der Waals surface area contributed by atoms with Crippen molar-refractivity contribution in [1.29, 1.82) is 0 Å². The molecule has 0 saturated heterocycles. The smallest absolute Gasteiger partial charge is 0.270 e. The number of nitro benzene ring substituents is 1. The van der Waals surface area contributed by atoms with Crippen molar-refractivity contribution in [2.45, 2.75) is 38.1 Å². The van der Waals surface area contributed by atoms with E-state index in [0.717, 1.165) is 0 Å². The summed E-state index contributed by atoms with van der Waals surface area (Å²) in [5, 5.41) is 27.3. The number of hydrazone groups is 1. The fraction of sp³-hybridized carbons (Fsp3) is 0.529. The number of carbonyl (C=O) groups excluding carboxylic acids is 1. The van der Waals surface area contributed by atoms with Gasteiger partial charge in [-0.15, -0.1) is 5.10 Å². The normalized spacial score (nSPS) is 31.3. The van der Waals surface area contributed by atoms with Crippen molar-refractivity contribution in [2.75, 3.05) is 7.05 Å². The third-order valence-electron chi connectivity index (χ3n) is 5.12. The molecule has 0 spiro atoms. The lowest BCUT2D eigenvalue weighted by molar-refractivity contribution is -0.385. The molecule has 1 aliphatic carbocycles. The van der Waals surface area contributed by atoms with Crippen LogP contribution in [0.3, 0.4) is 0 Å². The molecule has 138 valence electrons. The average molecular weight is 361 g/mol. The van der Waals surface area contributed by atoms with Crippen LogP contribution in [0.4, 0.5) is 5.69 Å². The van der Waals surface area contributed by atoms with Crippen LogP contribution in [0.5, 0.6) is 5.75 Å². The summed E-state index contributed by atoms with van der Waals surface area (Å²) in [4.78, 5) is 22.5. The van der Waals surface area contributed by atoms with E-state index in [1.807, 2.05) is 0 Å². The Morgan fingerprint density at radius 3 is 2.85 bits per heavy atom. The SMILES string of the molecule is CN1N=C(O[C@H]2c3cc([N+](=O)[O-])ccc3OC(C)(C)[C@@H]2O)[C@H]2C[C@H]2C1=O. The number of aliphatic hydroxyl groups excluding tert-OH is 1. The molecule has 3 aliphatic rings. The van der Waals surface area contributed by atoms with E-state index in [-0.39, 0.29) is 23.4 Å². The molecule has 0 aromatic heterocycles. The molecule has 0 bridgehead atoms. The summed E-state index contributed by atoms with van der Waals surface area (Å²) in [5.74, 6) is 0.507. The van der Waals surface area contributed by atoms with Gasteiger partial charge in [0.1, 0.15) is 17.5 Å². The highest BCUT2D eigenvalue weighted by Crippen LogP contribution is 2.48. The van der Waals surface area contributed by atoms with Gasteiger partial charge in [0.15, 0.2) is 6.10 Å². The first-order valence-corrected chi connectivity index (χ1v) is 8.37. The zero-order valence-electron chi connectivity index (χ0n) is 14.6. The van der Waals surface area contributed by atoms with E-state index in [9.17, 15) is 20.0 Å². The number of nitro groups is 1. The number of carbonyl (C=O) groups is 1. The highest BCUT2D eigenvalue weighted by Gasteiger charge is 2.54. The maximum Gasteiger partial charge on any atom is 0.270 e. The van der Waals surface area contributed by atoms with E-state index in [1.165, 1.54) is 23.2 Å². The Hall–Kier alpha value is -2.68. The van der Waals surface area contributed by atoms with Crippen molar-refractivity contribution >= 4 is 17.5 Å². The summed E-state index contributed by atoms with van der Waals surface area (Å²) < 4.78 is 11.8. The number of non-ortho nitro benzene ring substituents is 1. The number of nitrogens with zero attached hydrogens (tertiary/aromatic N) is 3. The number of rotatable bonds is 2. The van der Waals surface area contributed by atoms with Crippen molar-refractivity contribution in [3.8, 4) is 5.75 Å². The van der Waals surface area contributed by atoms with Crippen molar-refractivity contribution in [3.63, 3.8) is 0 Å². The van der Waals surface area contributed by atoms with Crippen LogP contribution < -0.4 is 4.74 Å². The van der Waals surface area contributed by atoms with Gasteiger partial charge in [0.05, 0.1) is 10.8 Å². The molecule has 4 atom stereocenters. The van der Waals surface area contributed by atoms with Gasteiger partial charge in [0.25, 0.3) is 5.69 Å². The van der Waals surface area contributed by atoms with Crippen LogP contribution in [0, 0.1) is 22.0 Å². The zero-order chi connectivity index (χ0) is 18.8. The van der Waals surface area contributed by atoms with Gasteiger partial charge in [0, 0.05) is 30.7 Å². The first kappa shape index (κ1) is 16.8. The molecule has 26 heavy (non-hydrogen) atoms. The highest BCUT2D eigenvalue weighted by atomic mass is 16.6. The van der Waals surface area contributed by atoms with Gasteiger partial charge in [-0.25, -0.2) is 5.01 Å². The summed E-state index contributed by atoms with van der Waals surface area (Å²) >= 11 is 0. The van der Waals surface area contributed by atoms with Crippen LogP contribution in [0.2, 0.25) is 0 Å². The lowest BCUT2D eigenvalue weighted by Gasteiger charge is -2.42. The van der Waals surface area contributed by atoms with Crippen molar-refractivity contribution in [1.82, 2.24) is 5.01 Å². The van der Waals surface area contributed by atoms with Gasteiger partial charge >= 0.3 is 0 Å². The molecule has 1 saturated carbocycles. The second-order valence-corrected chi connectivity index (χ2v) is 7.42. The Morgan fingerprint density at radius 2 is 2.15 bits per heavy atom. The van der Waals surface area contributed by atoms with Gasteiger partial charge in [-0.3, -0.25) is 14.9 Å². The number of amides is 1. The van der Waals surface area contributed by atoms with E-state index >= 15 is 0 Å². The molecule has 1 aromatic carbocycles. The molecule has 9 nitrogen and oxygen atoms in total. The largest absolute Gasteiger partial charge is 0.485 e. The van der Waals surface area contributed by atoms with E-state index in [4.69, 9.17) is 9.47 Å². The van der Waals surface area contributed by atoms with E-state index in [2.05, 4.69) is 5.10 Å².